The molecule has 0 heterocycles. The van der Waals surface area contributed by atoms with Crippen LogP contribution in [0.25, 0.3) is 0 Å². The molecule has 0 radical (unpaired) electrons. The largest absolute Gasteiger partial charge is 0.481 e. The second kappa shape index (κ2) is 7.22. The summed E-state index contributed by atoms with van der Waals surface area (Å²) < 4.78 is 0. The van der Waals surface area contributed by atoms with Crippen molar-refractivity contribution in [3.8, 4) is 0 Å². The van der Waals surface area contributed by atoms with Gasteiger partial charge in [0.1, 0.15) is 6.04 Å². The standard InChI is InChI=1S/C9H13NO8/c11-6(12)2-1-5(9(17)18)10-3-4(7(13)14)8(15)16/h4-5,10H,1-3H2,(H,11,12)(H,13,14)(H,15,16)(H,17,18)/t5-/m0/s1. The molecular weight excluding hydrogens is 250 g/mol. The number of carboxylic acid groups (broad SMARTS) is 4. The molecule has 18 heavy (non-hydrogen) atoms. The van der Waals surface area contributed by atoms with Crippen molar-refractivity contribution in [2.24, 2.45) is 5.92 Å². The highest BCUT2D eigenvalue weighted by molar-refractivity contribution is 5.93. The number of carbonyl (C=O) groups is 4. The Bertz CT molecular complexity index is 338. The van der Waals surface area contributed by atoms with Crippen LogP contribution in [0.4, 0.5) is 0 Å². The Labute approximate surface area is 101 Å². The van der Waals surface area contributed by atoms with Gasteiger partial charge in [0.15, 0.2) is 5.92 Å². The maximum absolute atomic E-state index is 10.7. The third-order valence-electron chi connectivity index (χ3n) is 2.11. The van der Waals surface area contributed by atoms with Gasteiger partial charge in [-0.25, -0.2) is 0 Å². The molecule has 9 heteroatoms. The monoisotopic (exact) mass is 263 g/mol. The summed E-state index contributed by atoms with van der Waals surface area (Å²) in [6.07, 6.45) is -0.689. The molecule has 0 aliphatic heterocycles. The van der Waals surface area contributed by atoms with Gasteiger partial charge in [-0.1, -0.05) is 0 Å². The number of hydrogen-bond donors (Lipinski definition) is 5. The number of rotatable bonds is 9. The molecule has 0 aliphatic carbocycles. The van der Waals surface area contributed by atoms with Crippen LogP contribution < -0.4 is 5.32 Å². The van der Waals surface area contributed by atoms with E-state index < -0.39 is 48.8 Å². The molecule has 0 saturated heterocycles. The van der Waals surface area contributed by atoms with E-state index in [0.29, 0.717) is 0 Å². The van der Waals surface area contributed by atoms with Crippen LogP contribution in [-0.4, -0.2) is 56.9 Å². The Hall–Kier alpha value is -2.16. The molecule has 0 aromatic carbocycles. The molecule has 0 amide bonds. The Morgan fingerprint density at radius 2 is 1.39 bits per heavy atom. The fourth-order valence-corrected chi connectivity index (χ4v) is 1.12. The zero-order valence-electron chi connectivity index (χ0n) is 9.20. The lowest BCUT2D eigenvalue weighted by molar-refractivity contribution is -0.155. The first-order chi connectivity index (χ1) is 8.25. The smallest absolute Gasteiger partial charge is 0.320 e. The van der Waals surface area contributed by atoms with Crippen LogP contribution in [0.3, 0.4) is 0 Å². The topological polar surface area (TPSA) is 161 Å². The summed E-state index contributed by atoms with van der Waals surface area (Å²) in [7, 11) is 0. The first kappa shape index (κ1) is 15.8. The van der Waals surface area contributed by atoms with Crippen LogP contribution in [0.5, 0.6) is 0 Å². The molecule has 5 N–H and O–H groups in total. The maximum atomic E-state index is 10.7. The number of nitrogens with one attached hydrogen (secondary N) is 1. The molecule has 0 spiro atoms. The van der Waals surface area contributed by atoms with Crippen LogP contribution in [0.1, 0.15) is 12.8 Å². The zero-order valence-corrected chi connectivity index (χ0v) is 9.20. The minimum atomic E-state index is -1.78. The minimum absolute atomic E-state index is 0.267. The third kappa shape index (κ3) is 5.80. The molecule has 0 aliphatic rings. The lowest BCUT2D eigenvalue weighted by Crippen LogP contribution is -2.43. The van der Waals surface area contributed by atoms with E-state index in [1.54, 1.807) is 0 Å². The average molecular weight is 263 g/mol. The zero-order chi connectivity index (χ0) is 14.3. The molecule has 1 atom stereocenters. The summed E-state index contributed by atoms with van der Waals surface area (Å²) in [5, 5.41) is 36.4. The van der Waals surface area contributed by atoms with Gasteiger partial charge in [-0.15, -0.1) is 0 Å². The van der Waals surface area contributed by atoms with Crippen molar-refractivity contribution < 1.29 is 39.6 Å². The molecule has 0 aromatic rings. The summed E-state index contributed by atoms with van der Waals surface area (Å²) in [6, 6.07) is -1.30. The lowest BCUT2D eigenvalue weighted by Gasteiger charge is -2.15. The summed E-state index contributed by atoms with van der Waals surface area (Å²) in [6.45, 7) is -0.596. The van der Waals surface area contributed by atoms with Crippen molar-refractivity contribution in [3.05, 3.63) is 0 Å². The van der Waals surface area contributed by atoms with E-state index in [9.17, 15) is 19.2 Å². The van der Waals surface area contributed by atoms with Crippen LogP contribution in [-0.2, 0) is 19.2 Å². The minimum Gasteiger partial charge on any atom is -0.481 e. The van der Waals surface area contributed by atoms with Gasteiger partial charge in [-0.05, 0) is 6.42 Å². The second-order valence-corrected chi connectivity index (χ2v) is 3.46. The maximum Gasteiger partial charge on any atom is 0.320 e. The normalized spacial score (nSPS) is 12.1. The quantitative estimate of drug-likeness (QED) is 0.317. The van der Waals surface area contributed by atoms with E-state index in [1.165, 1.54) is 0 Å². The molecule has 0 aromatic heterocycles. The molecule has 0 saturated carbocycles. The number of carboxylic acids is 4. The van der Waals surface area contributed by atoms with Gasteiger partial charge in [0, 0.05) is 13.0 Å². The van der Waals surface area contributed by atoms with Gasteiger partial charge in [-0.2, -0.15) is 0 Å². The van der Waals surface area contributed by atoms with Crippen molar-refractivity contribution in [3.63, 3.8) is 0 Å². The molecule has 102 valence electrons. The van der Waals surface area contributed by atoms with Gasteiger partial charge in [0.25, 0.3) is 0 Å². The average Bonchev–Trinajstić information content (AvgIpc) is 2.20. The van der Waals surface area contributed by atoms with Crippen LogP contribution in [0.15, 0.2) is 0 Å². The van der Waals surface area contributed by atoms with Gasteiger partial charge in [0.05, 0.1) is 0 Å². The van der Waals surface area contributed by atoms with Gasteiger partial charge < -0.3 is 25.7 Å². The Morgan fingerprint density at radius 1 is 0.889 bits per heavy atom. The Kier molecular flexibility index (Phi) is 6.35. The molecule has 0 fully saturated rings. The summed E-state index contributed by atoms with van der Waals surface area (Å²) in [5.41, 5.74) is 0. The van der Waals surface area contributed by atoms with Crippen molar-refractivity contribution >= 4 is 23.9 Å². The molecule has 9 nitrogen and oxygen atoms in total. The lowest BCUT2D eigenvalue weighted by atomic mass is 10.1. The Morgan fingerprint density at radius 3 is 1.72 bits per heavy atom. The molecule has 0 unspecified atom stereocenters. The molecule has 0 bridgehead atoms. The van der Waals surface area contributed by atoms with Crippen molar-refractivity contribution in [2.75, 3.05) is 6.54 Å². The number of hydrogen-bond acceptors (Lipinski definition) is 5. The summed E-state index contributed by atoms with van der Waals surface area (Å²) in [5.74, 6) is -7.55. The van der Waals surface area contributed by atoms with Crippen molar-refractivity contribution in [2.45, 2.75) is 18.9 Å². The van der Waals surface area contributed by atoms with E-state index in [2.05, 4.69) is 5.32 Å². The van der Waals surface area contributed by atoms with E-state index in [1.807, 2.05) is 0 Å². The summed E-state index contributed by atoms with van der Waals surface area (Å²) in [4.78, 5) is 42.0. The first-order valence-corrected chi connectivity index (χ1v) is 4.89. The highest BCUT2D eigenvalue weighted by atomic mass is 16.4. The van der Waals surface area contributed by atoms with Crippen molar-refractivity contribution in [1.82, 2.24) is 5.32 Å². The molecule has 0 rings (SSSR count). The van der Waals surface area contributed by atoms with Crippen molar-refractivity contribution in [1.29, 1.82) is 0 Å². The predicted octanol–water partition coefficient (Wildman–Crippen LogP) is -1.32. The molecular formula is C9H13NO8. The third-order valence-corrected chi connectivity index (χ3v) is 2.11. The van der Waals surface area contributed by atoms with Gasteiger partial charge in [0.2, 0.25) is 0 Å². The highest BCUT2D eigenvalue weighted by Crippen LogP contribution is 2.01. The number of aliphatic carboxylic acids is 4. The highest BCUT2D eigenvalue weighted by Gasteiger charge is 2.28. The fraction of sp³-hybridized carbons (Fsp3) is 0.556. The SMILES string of the molecule is O=C(O)CC[C@H](NCC(C(=O)O)C(=O)O)C(=O)O. The van der Waals surface area contributed by atoms with E-state index in [4.69, 9.17) is 20.4 Å². The van der Waals surface area contributed by atoms with Crippen LogP contribution >= 0.6 is 0 Å². The van der Waals surface area contributed by atoms with Crippen LogP contribution in [0.2, 0.25) is 0 Å². The summed E-state index contributed by atoms with van der Waals surface area (Å²) >= 11 is 0. The predicted molar refractivity (Wildman–Crippen MR) is 55.1 cm³/mol. The van der Waals surface area contributed by atoms with E-state index in [-0.39, 0.29) is 6.42 Å². The fourth-order valence-electron chi connectivity index (χ4n) is 1.12. The van der Waals surface area contributed by atoms with E-state index >= 15 is 0 Å². The van der Waals surface area contributed by atoms with Gasteiger partial charge in [-0.3, -0.25) is 19.2 Å². The second-order valence-electron chi connectivity index (χ2n) is 3.46. The van der Waals surface area contributed by atoms with Gasteiger partial charge >= 0.3 is 23.9 Å². The Balaban J connectivity index is 4.41. The van der Waals surface area contributed by atoms with Crippen LogP contribution in [0, 0.1) is 5.92 Å². The van der Waals surface area contributed by atoms with E-state index in [0.717, 1.165) is 0 Å². The first-order valence-electron chi connectivity index (χ1n) is 4.89.